The fraction of sp³-hybridized carbons (Fsp3) is 0.600. The Morgan fingerprint density at radius 1 is 1.06 bits per heavy atom. The smallest absolute Gasteiger partial charge is 0.316 e. The zero-order valence-electron chi connectivity index (χ0n) is 10.7. The molecule has 16 heavy (non-hydrogen) atoms. The molecule has 0 saturated carbocycles. The third-order valence-electron chi connectivity index (χ3n) is 1.67. The highest BCUT2D eigenvalue weighted by Gasteiger charge is 2.30. The number of hydrogen-bond donors (Lipinski definition) is 0. The summed E-state index contributed by atoms with van der Waals surface area (Å²) in [5, 5.41) is 0. The van der Waals surface area contributed by atoms with E-state index in [4.69, 9.17) is 8.85 Å². The molecule has 1 heterocycles. The minimum atomic E-state index is -1.76. The number of rotatable bonds is 5. The van der Waals surface area contributed by atoms with Gasteiger partial charge in [-0.05, 0) is 38.8 Å². The van der Waals surface area contributed by atoms with Gasteiger partial charge < -0.3 is 8.85 Å². The van der Waals surface area contributed by atoms with Crippen molar-refractivity contribution in [3.05, 3.63) is 18.5 Å². The predicted molar refractivity (Wildman–Crippen MR) is 69.4 cm³/mol. The highest BCUT2D eigenvalue weighted by atomic mass is 28.4. The summed E-state index contributed by atoms with van der Waals surface area (Å²) in [5.74, 6) is 0. The first-order valence-electron chi connectivity index (χ1n) is 5.38. The molecule has 0 radical (unpaired) electrons. The van der Waals surface area contributed by atoms with Crippen molar-refractivity contribution in [3.63, 3.8) is 0 Å². The van der Waals surface area contributed by atoms with Crippen LogP contribution < -0.4 is 4.74 Å². The van der Waals surface area contributed by atoms with Gasteiger partial charge >= 0.3 is 6.01 Å². The maximum atomic E-state index is 6.14. The molecular weight excluding hydrogens is 236 g/mol. The number of hydrogen-bond acceptors (Lipinski definition) is 4. The Bertz CT molecular complexity index is 325. The summed E-state index contributed by atoms with van der Waals surface area (Å²) in [4.78, 5) is 8.05. The molecular formula is C10H20N2O2Si2. The third-order valence-corrected chi connectivity index (χ3v) is 7.17. The first-order valence-corrected chi connectivity index (χ1v) is 11.9. The molecule has 1 rings (SSSR count). The van der Waals surface area contributed by atoms with E-state index in [1.165, 1.54) is 0 Å². The van der Waals surface area contributed by atoms with Gasteiger partial charge in [0, 0.05) is 12.4 Å². The lowest BCUT2D eigenvalue weighted by molar-refractivity contribution is 0.325. The van der Waals surface area contributed by atoms with Crippen LogP contribution in [0.3, 0.4) is 0 Å². The minimum absolute atomic E-state index is 0.433. The van der Waals surface area contributed by atoms with Crippen LogP contribution in [0.1, 0.15) is 0 Å². The SMILES string of the molecule is C[Si](C)(C)O[Si](C)(C)COc1ncccn1. The molecule has 0 aromatic carbocycles. The summed E-state index contributed by atoms with van der Waals surface area (Å²) in [7, 11) is -3.25. The van der Waals surface area contributed by atoms with Crippen LogP contribution >= 0.6 is 0 Å². The summed E-state index contributed by atoms with van der Waals surface area (Å²) in [5.41, 5.74) is 0. The normalized spacial score (nSPS) is 12.6. The van der Waals surface area contributed by atoms with Crippen LogP contribution in [0.2, 0.25) is 32.7 Å². The summed E-state index contributed by atoms with van der Waals surface area (Å²) >= 11 is 0. The number of aromatic nitrogens is 2. The van der Waals surface area contributed by atoms with Crippen molar-refractivity contribution in [2.24, 2.45) is 0 Å². The van der Waals surface area contributed by atoms with E-state index >= 15 is 0 Å². The second-order valence-corrected chi connectivity index (χ2v) is 14.1. The van der Waals surface area contributed by atoms with Gasteiger partial charge in [0.15, 0.2) is 8.32 Å². The second kappa shape index (κ2) is 5.07. The average molecular weight is 256 g/mol. The Morgan fingerprint density at radius 3 is 2.12 bits per heavy atom. The molecule has 0 aliphatic heterocycles. The molecule has 6 heteroatoms. The summed E-state index contributed by atoms with van der Waals surface area (Å²) in [6, 6.07) is 2.20. The first kappa shape index (κ1) is 13.3. The van der Waals surface area contributed by atoms with Crippen LogP contribution in [0.15, 0.2) is 18.5 Å². The lowest BCUT2D eigenvalue weighted by Gasteiger charge is -2.30. The fourth-order valence-electron chi connectivity index (χ4n) is 1.46. The van der Waals surface area contributed by atoms with Crippen LogP contribution in [0.25, 0.3) is 0 Å². The van der Waals surface area contributed by atoms with E-state index in [1.54, 1.807) is 18.5 Å². The molecule has 0 bridgehead atoms. The Kier molecular flexibility index (Phi) is 4.23. The van der Waals surface area contributed by atoms with Gasteiger partial charge in [-0.25, -0.2) is 9.97 Å². The second-order valence-electron chi connectivity index (χ2n) is 5.29. The van der Waals surface area contributed by atoms with E-state index in [1.807, 2.05) is 0 Å². The monoisotopic (exact) mass is 256 g/mol. The summed E-state index contributed by atoms with van der Waals surface area (Å²) in [6.45, 7) is 10.9. The standard InChI is InChI=1S/C10H20N2O2Si2/c1-15(2,3)14-16(4,5)9-13-10-11-7-6-8-12-10/h6-8H,9H2,1-5H3. The van der Waals surface area contributed by atoms with Crippen LogP contribution in [0.5, 0.6) is 6.01 Å². The molecule has 0 aliphatic rings. The van der Waals surface area contributed by atoms with Crippen molar-refractivity contribution in [1.29, 1.82) is 0 Å². The van der Waals surface area contributed by atoms with E-state index in [0.29, 0.717) is 12.2 Å². The molecule has 0 fully saturated rings. The van der Waals surface area contributed by atoms with Gasteiger partial charge in [-0.15, -0.1) is 0 Å². The van der Waals surface area contributed by atoms with Gasteiger partial charge in [0.1, 0.15) is 6.23 Å². The van der Waals surface area contributed by atoms with Gasteiger partial charge in [-0.2, -0.15) is 0 Å². The van der Waals surface area contributed by atoms with Crippen molar-refractivity contribution in [2.45, 2.75) is 32.7 Å². The Labute approximate surface area is 99.3 Å². The van der Waals surface area contributed by atoms with Gasteiger partial charge in [-0.1, -0.05) is 0 Å². The van der Waals surface area contributed by atoms with E-state index in [0.717, 1.165) is 0 Å². The van der Waals surface area contributed by atoms with Gasteiger partial charge in [0.2, 0.25) is 8.32 Å². The highest BCUT2D eigenvalue weighted by Crippen LogP contribution is 2.14. The van der Waals surface area contributed by atoms with E-state index in [9.17, 15) is 0 Å². The van der Waals surface area contributed by atoms with Crippen LogP contribution in [-0.2, 0) is 4.12 Å². The van der Waals surface area contributed by atoms with Crippen molar-refractivity contribution in [2.75, 3.05) is 6.23 Å². The quantitative estimate of drug-likeness (QED) is 0.759. The van der Waals surface area contributed by atoms with Crippen molar-refractivity contribution < 1.29 is 8.85 Å². The largest absolute Gasteiger partial charge is 0.464 e. The summed E-state index contributed by atoms with van der Waals surface area (Å²) in [6.07, 6.45) is 3.95. The van der Waals surface area contributed by atoms with Crippen LogP contribution in [0, 0.1) is 0 Å². The van der Waals surface area contributed by atoms with Gasteiger partial charge in [-0.3, -0.25) is 0 Å². The number of nitrogens with zero attached hydrogens (tertiary/aromatic N) is 2. The summed E-state index contributed by atoms with van der Waals surface area (Å²) < 4.78 is 11.7. The topological polar surface area (TPSA) is 44.2 Å². The number of ether oxygens (including phenoxy) is 1. The predicted octanol–water partition coefficient (Wildman–Crippen LogP) is 2.45. The molecule has 90 valence electrons. The molecule has 1 aromatic rings. The van der Waals surface area contributed by atoms with E-state index < -0.39 is 16.6 Å². The maximum absolute atomic E-state index is 6.14. The molecule has 0 saturated heterocycles. The molecule has 4 nitrogen and oxygen atoms in total. The molecule has 0 atom stereocenters. The van der Waals surface area contributed by atoms with Gasteiger partial charge in [0.05, 0.1) is 0 Å². The zero-order valence-corrected chi connectivity index (χ0v) is 12.7. The minimum Gasteiger partial charge on any atom is -0.464 e. The third kappa shape index (κ3) is 5.38. The van der Waals surface area contributed by atoms with Crippen LogP contribution in [0.4, 0.5) is 0 Å². The zero-order chi connectivity index (χ0) is 12.2. The lowest BCUT2D eigenvalue weighted by Crippen LogP contribution is -2.47. The molecule has 0 unspecified atom stereocenters. The van der Waals surface area contributed by atoms with Crippen molar-refractivity contribution >= 4 is 16.6 Å². The molecule has 0 N–H and O–H groups in total. The Hall–Kier alpha value is -0.726. The molecule has 0 spiro atoms. The van der Waals surface area contributed by atoms with E-state index in [-0.39, 0.29) is 0 Å². The molecule has 1 aromatic heterocycles. The fourth-order valence-corrected chi connectivity index (χ4v) is 8.80. The van der Waals surface area contributed by atoms with Crippen LogP contribution in [-0.4, -0.2) is 32.8 Å². The Balaban J connectivity index is 2.48. The van der Waals surface area contributed by atoms with E-state index in [2.05, 4.69) is 42.7 Å². The maximum Gasteiger partial charge on any atom is 0.316 e. The Morgan fingerprint density at radius 2 is 1.62 bits per heavy atom. The molecule has 0 aliphatic carbocycles. The van der Waals surface area contributed by atoms with Crippen molar-refractivity contribution in [3.8, 4) is 6.01 Å². The molecule has 0 amide bonds. The highest BCUT2D eigenvalue weighted by molar-refractivity contribution is 6.84. The lowest BCUT2D eigenvalue weighted by atomic mass is 10.7. The average Bonchev–Trinajstić information content (AvgIpc) is 2.13. The first-order chi connectivity index (χ1) is 7.29. The van der Waals surface area contributed by atoms with Crippen molar-refractivity contribution in [1.82, 2.24) is 9.97 Å². The van der Waals surface area contributed by atoms with Gasteiger partial charge in [0.25, 0.3) is 0 Å².